The molecule has 0 radical (unpaired) electrons. The van der Waals surface area contributed by atoms with E-state index in [-0.39, 0.29) is 12.2 Å². The molecule has 1 N–H and O–H groups in total. The normalized spacial score (nSPS) is 36.6. The number of nitrogens with one attached hydrogen (secondary N) is 1. The molecule has 1 saturated heterocycles. The number of carbonyl (C=O) groups is 1. The molecule has 21 heavy (non-hydrogen) atoms. The molecule has 3 nitrogen and oxygen atoms in total. The summed E-state index contributed by atoms with van der Waals surface area (Å²) in [6.45, 7) is 6.78. The molecule has 2 aliphatic rings. The van der Waals surface area contributed by atoms with Crippen molar-refractivity contribution in [1.29, 1.82) is 0 Å². The first-order valence-corrected chi connectivity index (χ1v) is 9.18. The topological polar surface area (TPSA) is 32.3 Å². The van der Waals surface area contributed by atoms with Gasteiger partial charge in [0.25, 0.3) is 0 Å². The monoisotopic (exact) mass is 306 g/mol. The summed E-state index contributed by atoms with van der Waals surface area (Å²) in [5.41, 5.74) is 1.25. The molecule has 1 saturated carbocycles. The Kier molecular flexibility index (Phi) is 4.36. The average Bonchev–Trinajstić information content (AvgIpc) is 3.16. The van der Waals surface area contributed by atoms with E-state index in [2.05, 4.69) is 47.8 Å². The Morgan fingerprint density at radius 3 is 2.76 bits per heavy atom. The Morgan fingerprint density at radius 1 is 1.38 bits per heavy atom. The molecule has 0 spiro atoms. The quantitative estimate of drug-likeness (QED) is 0.918. The maximum Gasteiger partial charge on any atom is 0.241 e. The van der Waals surface area contributed by atoms with Crippen LogP contribution in [0.4, 0.5) is 0 Å². The molecule has 5 unspecified atom stereocenters. The lowest BCUT2D eigenvalue weighted by molar-refractivity contribution is -0.133. The summed E-state index contributed by atoms with van der Waals surface area (Å²) < 4.78 is 0. The minimum atomic E-state index is 0.00278. The second-order valence-electron chi connectivity index (χ2n) is 6.69. The van der Waals surface area contributed by atoms with E-state index in [4.69, 9.17) is 0 Å². The van der Waals surface area contributed by atoms with Gasteiger partial charge >= 0.3 is 0 Å². The van der Waals surface area contributed by atoms with Gasteiger partial charge in [-0.25, -0.2) is 0 Å². The van der Waals surface area contributed by atoms with Gasteiger partial charge in [-0.1, -0.05) is 27.2 Å². The summed E-state index contributed by atoms with van der Waals surface area (Å²) >= 11 is 1.71. The summed E-state index contributed by atoms with van der Waals surface area (Å²) in [7, 11) is 0. The number of carbonyl (C=O) groups excluding carboxylic acids is 1. The third-order valence-corrected chi connectivity index (χ3v) is 6.11. The SMILES string of the molecule is CCCC1NC(c2ccsc2)N(C2CCC(C)C2C)C1=O. The number of thiophene rings is 1. The summed E-state index contributed by atoms with van der Waals surface area (Å²) in [5.74, 6) is 1.63. The molecular weight excluding hydrogens is 280 g/mol. The van der Waals surface area contributed by atoms with Crippen molar-refractivity contribution >= 4 is 17.2 Å². The lowest BCUT2D eigenvalue weighted by Gasteiger charge is -2.33. The number of rotatable bonds is 4. The molecule has 1 aliphatic carbocycles. The molecule has 2 heterocycles. The van der Waals surface area contributed by atoms with Crippen LogP contribution in [0.25, 0.3) is 0 Å². The van der Waals surface area contributed by atoms with Gasteiger partial charge in [0.05, 0.1) is 6.04 Å². The number of hydrogen-bond donors (Lipinski definition) is 1. The van der Waals surface area contributed by atoms with Crippen LogP contribution < -0.4 is 5.32 Å². The zero-order chi connectivity index (χ0) is 15.0. The second-order valence-corrected chi connectivity index (χ2v) is 7.47. The lowest BCUT2D eigenvalue weighted by atomic mass is 9.96. The molecule has 5 atom stereocenters. The first-order chi connectivity index (χ1) is 10.1. The van der Waals surface area contributed by atoms with Crippen molar-refractivity contribution in [3.63, 3.8) is 0 Å². The van der Waals surface area contributed by atoms with Gasteiger partial charge in [0, 0.05) is 6.04 Å². The fraction of sp³-hybridized carbons (Fsp3) is 0.706. The molecule has 3 rings (SSSR count). The van der Waals surface area contributed by atoms with E-state index in [9.17, 15) is 4.79 Å². The number of nitrogens with zero attached hydrogens (tertiary/aromatic N) is 1. The van der Waals surface area contributed by atoms with Crippen LogP contribution in [0.2, 0.25) is 0 Å². The van der Waals surface area contributed by atoms with Crippen molar-refractivity contribution in [1.82, 2.24) is 10.2 Å². The number of amides is 1. The van der Waals surface area contributed by atoms with Crippen LogP contribution in [0.3, 0.4) is 0 Å². The van der Waals surface area contributed by atoms with Crippen LogP contribution in [-0.4, -0.2) is 22.9 Å². The predicted octanol–water partition coefficient (Wildman–Crippen LogP) is 3.78. The highest BCUT2D eigenvalue weighted by Crippen LogP contribution is 2.40. The second kappa shape index (κ2) is 6.09. The van der Waals surface area contributed by atoms with Gasteiger partial charge in [-0.05, 0) is 53.5 Å². The smallest absolute Gasteiger partial charge is 0.241 e. The molecule has 1 aromatic rings. The third-order valence-electron chi connectivity index (χ3n) is 5.41. The Labute approximate surface area is 131 Å². The zero-order valence-electron chi connectivity index (χ0n) is 13.2. The van der Waals surface area contributed by atoms with Gasteiger partial charge in [0.15, 0.2) is 0 Å². The minimum Gasteiger partial charge on any atom is -0.318 e. The molecule has 1 aromatic heterocycles. The van der Waals surface area contributed by atoms with Crippen LogP contribution in [0.15, 0.2) is 16.8 Å². The highest BCUT2D eigenvalue weighted by molar-refractivity contribution is 7.07. The summed E-state index contributed by atoms with van der Waals surface area (Å²) in [5, 5.41) is 7.87. The Balaban J connectivity index is 1.88. The van der Waals surface area contributed by atoms with Crippen LogP contribution >= 0.6 is 11.3 Å². The predicted molar refractivity (Wildman–Crippen MR) is 87.1 cm³/mol. The average molecular weight is 306 g/mol. The van der Waals surface area contributed by atoms with Crippen molar-refractivity contribution < 1.29 is 4.79 Å². The molecule has 0 bridgehead atoms. The van der Waals surface area contributed by atoms with Gasteiger partial charge < -0.3 is 4.90 Å². The van der Waals surface area contributed by atoms with Crippen LogP contribution in [-0.2, 0) is 4.79 Å². The molecule has 2 fully saturated rings. The van der Waals surface area contributed by atoms with Crippen molar-refractivity contribution in [3.05, 3.63) is 22.4 Å². The first kappa shape index (κ1) is 15.0. The van der Waals surface area contributed by atoms with Gasteiger partial charge in [-0.2, -0.15) is 11.3 Å². The van der Waals surface area contributed by atoms with Crippen molar-refractivity contribution in [2.24, 2.45) is 11.8 Å². The van der Waals surface area contributed by atoms with Crippen LogP contribution in [0, 0.1) is 11.8 Å². The highest BCUT2D eigenvalue weighted by atomic mass is 32.1. The van der Waals surface area contributed by atoms with Crippen molar-refractivity contribution in [2.45, 2.75) is 64.7 Å². The minimum absolute atomic E-state index is 0.00278. The fourth-order valence-corrected chi connectivity index (χ4v) is 4.60. The van der Waals surface area contributed by atoms with Gasteiger partial charge in [0.1, 0.15) is 6.17 Å². The van der Waals surface area contributed by atoms with E-state index >= 15 is 0 Å². The van der Waals surface area contributed by atoms with Crippen LogP contribution in [0.1, 0.15) is 58.2 Å². The maximum atomic E-state index is 12.9. The van der Waals surface area contributed by atoms with E-state index in [0.717, 1.165) is 25.2 Å². The summed E-state index contributed by atoms with van der Waals surface area (Å²) in [6, 6.07) is 2.55. The zero-order valence-corrected chi connectivity index (χ0v) is 14.0. The molecule has 116 valence electrons. The highest BCUT2D eigenvalue weighted by Gasteiger charge is 2.46. The summed E-state index contributed by atoms with van der Waals surface area (Å²) in [6.07, 6.45) is 4.45. The van der Waals surface area contributed by atoms with E-state index in [1.807, 2.05) is 0 Å². The van der Waals surface area contributed by atoms with Gasteiger partial charge in [-0.15, -0.1) is 0 Å². The fourth-order valence-electron chi connectivity index (χ4n) is 3.92. The van der Waals surface area contributed by atoms with E-state index in [0.29, 0.717) is 17.9 Å². The largest absolute Gasteiger partial charge is 0.318 e. The Hall–Kier alpha value is -0.870. The first-order valence-electron chi connectivity index (χ1n) is 8.23. The van der Waals surface area contributed by atoms with E-state index in [1.54, 1.807) is 11.3 Å². The molecule has 0 aromatic carbocycles. The molecular formula is C17H26N2OS. The Bertz CT molecular complexity index is 487. The Morgan fingerprint density at radius 2 is 2.19 bits per heavy atom. The maximum absolute atomic E-state index is 12.9. The van der Waals surface area contributed by atoms with Crippen LogP contribution in [0.5, 0.6) is 0 Å². The lowest BCUT2D eigenvalue weighted by Crippen LogP contribution is -2.42. The van der Waals surface area contributed by atoms with Crippen molar-refractivity contribution in [2.75, 3.05) is 0 Å². The molecule has 1 aliphatic heterocycles. The van der Waals surface area contributed by atoms with E-state index < -0.39 is 0 Å². The van der Waals surface area contributed by atoms with E-state index in [1.165, 1.54) is 12.0 Å². The van der Waals surface area contributed by atoms with Gasteiger partial charge in [0.2, 0.25) is 5.91 Å². The third kappa shape index (κ3) is 2.64. The number of hydrogen-bond acceptors (Lipinski definition) is 3. The molecule has 1 amide bonds. The van der Waals surface area contributed by atoms with Crippen molar-refractivity contribution in [3.8, 4) is 0 Å². The summed E-state index contributed by atoms with van der Waals surface area (Å²) in [4.78, 5) is 15.1. The standard InChI is InChI=1S/C17H26N2OS/c1-4-5-14-17(20)19(15-7-6-11(2)12(15)3)16(18-14)13-8-9-21-10-13/h8-12,14-16,18H,4-7H2,1-3H3. The van der Waals surface area contributed by atoms with Gasteiger partial charge in [-0.3, -0.25) is 10.1 Å². The molecule has 4 heteroatoms.